The number of hydrogen-bond acceptors (Lipinski definition) is 3. The summed E-state index contributed by atoms with van der Waals surface area (Å²) in [5, 5.41) is 3.53. The zero-order chi connectivity index (χ0) is 20.8. The van der Waals surface area contributed by atoms with E-state index in [1.165, 1.54) is 12.3 Å². The Morgan fingerprint density at radius 1 is 1.31 bits per heavy atom. The first-order valence-corrected chi connectivity index (χ1v) is 9.82. The third-order valence-corrected chi connectivity index (χ3v) is 5.77. The Hall–Kier alpha value is -2.38. The van der Waals surface area contributed by atoms with Crippen molar-refractivity contribution in [3.05, 3.63) is 36.0 Å². The molecule has 1 aromatic heterocycles. The monoisotopic (exact) mass is 409 g/mol. The van der Waals surface area contributed by atoms with Crippen LogP contribution in [0.5, 0.6) is 0 Å². The number of fused-ring (bicyclic) bond motifs is 1. The minimum Gasteiger partial charge on any atom is -0.369 e. The summed E-state index contributed by atoms with van der Waals surface area (Å²) in [6.45, 7) is 3.26. The molecule has 1 saturated heterocycles. The van der Waals surface area contributed by atoms with Crippen LogP contribution in [0.3, 0.4) is 0 Å². The lowest BCUT2D eigenvalue weighted by molar-refractivity contribution is -0.122. The molecular formula is C21H23F4N3O. The van der Waals surface area contributed by atoms with Crippen LogP contribution in [0.15, 0.2) is 30.5 Å². The smallest absolute Gasteiger partial charge is 0.265 e. The molecule has 2 fully saturated rings. The van der Waals surface area contributed by atoms with Crippen LogP contribution in [0, 0.1) is 11.8 Å². The van der Waals surface area contributed by atoms with Gasteiger partial charge in [-0.1, -0.05) is 6.92 Å². The molecule has 2 aliphatic rings. The molecule has 0 radical (unpaired) electrons. The molecule has 1 N–H and O–H groups in total. The highest BCUT2D eigenvalue weighted by atomic mass is 19.3. The molecule has 29 heavy (non-hydrogen) atoms. The molecule has 3 atom stereocenters. The quantitative estimate of drug-likeness (QED) is 0.737. The summed E-state index contributed by atoms with van der Waals surface area (Å²) in [6, 6.07) is 6.37. The maximum absolute atomic E-state index is 13.3. The van der Waals surface area contributed by atoms with Gasteiger partial charge in [0.25, 0.3) is 12.3 Å². The van der Waals surface area contributed by atoms with Gasteiger partial charge in [0.15, 0.2) is 0 Å². The van der Waals surface area contributed by atoms with Gasteiger partial charge in [0.05, 0.1) is 5.52 Å². The summed E-state index contributed by atoms with van der Waals surface area (Å²) in [5.74, 6) is -3.66. The minimum atomic E-state index is -2.71. The van der Waals surface area contributed by atoms with Crippen molar-refractivity contribution in [2.45, 2.75) is 44.6 Å². The number of hydrogen-bond donors (Lipinski definition) is 1. The lowest BCUT2D eigenvalue weighted by Gasteiger charge is -2.39. The lowest BCUT2D eigenvalue weighted by atomic mass is 9.94. The van der Waals surface area contributed by atoms with Gasteiger partial charge in [0.2, 0.25) is 5.91 Å². The van der Waals surface area contributed by atoms with Crippen molar-refractivity contribution in [3.8, 4) is 0 Å². The first-order valence-electron chi connectivity index (χ1n) is 9.82. The number of amides is 1. The predicted octanol–water partition coefficient (Wildman–Crippen LogP) is 4.55. The van der Waals surface area contributed by atoms with E-state index < -0.39 is 18.3 Å². The third kappa shape index (κ3) is 4.16. The number of halogens is 4. The largest absolute Gasteiger partial charge is 0.369 e. The highest BCUT2D eigenvalue weighted by Crippen LogP contribution is 2.50. The second-order valence-electron chi connectivity index (χ2n) is 8.25. The molecule has 2 aromatic rings. The summed E-state index contributed by atoms with van der Waals surface area (Å²) in [7, 11) is 0. The maximum atomic E-state index is 13.3. The number of rotatable bonds is 5. The number of carbonyl (C=O) groups excluding carboxylic acids is 1. The van der Waals surface area contributed by atoms with Gasteiger partial charge in [-0.15, -0.1) is 0 Å². The summed E-state index contributed by atoms with van der Waals surface area (Å²) in [4.78, 5) is 18.4. The zero-order valence-electron chi connectivity index (χ0n) is 16.0. The molecule has 4 nitrogen and oxygen atoms in total. The Morgan fingerprint density at radius 2 is 2.07 bits per heavy atom. The Labute approximate surface area is 166 Å². The Kier molecular flexibility index (Phi) is 5.12. The molecule has 1 aliphatic heterocycles. The topological polar surface area (TPSA) is 45.2 Å². The first kappa shape index (κ1) is 19.9. The van der Waals surface area contributed by atoms with E-state index in [4.69, 9.17) is 0 Å². The van der Waals surface area contributed by atoms with Crippen LogP contribution in [0.2, 0.25) is 0 Å². The van der Waals surface area contributed by atoms with Crippen molar-refractivity contribution in [1.29, 1.82) is 0 Å². The summed E-state index contributed by atoms with van der Waals surface area (Å²) < 4.78 is 52.8. The summed E-state index contributed by atoms with van der Waals surface area (Å²) in [6.07, 6.45) is -0.756. The number of nitrogens with one attached hydrogen (secondary N) is 1. The number of carbonyl (C=O) groups is 1. The number of benzene rings is 1. The van der Waals surface area contributed by atoms with Gasteiger partial charge in [-0.2, -0.15) is 0 Å². The Morgan fingerprint density at radius 3 is 2.76 bits per heavy atom. The van der Waals surface area contributed by atoms with E-state index in [0.717, 1.165) is 12.1 Å². The van der Waals surface area contributed by atoms with Crippen LogP contribution in [-0.4, -0.2) is 35.9 Å². The molecule has 3 unspecified atom stereocenters. The molecule has 1 saturated carbocycles. The van der Waals surface area contributed by atoms with E-state index in [0.29, 0.717) is 18.5 Å². The molecule has 2 heterocycles. The highest BCUT2D eigenvalue weighted by Gasteiger charge is 2.57. The number of alkyl halides is 4. The number of anilines is 1. The molecule has 1 amide bonds. The minimum absolute atomic E-state index is 0.107. The van der Waals surface area contributed by atoms with Crippen molar-refractivity contribution in [2.24, 2.45) is 11.8 Å². The van der Waals surface area contributed by atoms with Crippen LogP contribution in [0.1, 0.15) is 38.2 Å². The van der Waals surface area contributed by atoms with Crippen molar-refractivity contribution < 1.29 is 22.4 Å². The third-order valence-electron chi connectivity index (χ3n) is 5.77. The predicted molar refractivity (Wildman–Crippen MR) is 102 cm³/mol. The highest BCUT2D eigenvalue weighted by molar-refractivity contribution is 5.94. The van der Waals surface area contributed by atoms with E-state index in [-0.39, 0.29) is 41.8 Å². The Balaban J connectivity index is 1.53. The molecule has 8 heteroatoms. The molecular weight excluding hydrogens is 386 g/mol. The Bertz CT molecular complexity index is 920. The average molecular weight is 409 g/mol. The van der Waals surface area contributed by atoms with Crippen LogP contribution in [0.4, 0.5) is 23.2 Å². The molecule has 0 bridgehead atoms. The average Bonchev–Trinajstić information content (AvgIpc) is 3.25. The second kappa shape index (κ2) is 7.46. The number of piperidine rings is 1. The second-order valence-corrected chi connectivity index (χ2v) is 8.25. The fourth-order valence-electron chi connectivity index (χ4n) is 4.29. The zero-order valence-corrected chi connectivity index (χ0v) is 16.0. The van der Waals surface area contributed by atoms with Gasteiger partial charge in [-0.05, 0) is 36.6 Å². The van der Waals surface area contributed by atoms with E-state index in [1.807, 2.05) is 6.92 Å². The van der Waals surface area contributed by atoms with E-state index in [1.54, 1.807) is 18.2 Å². The van der Waals surface area contributed by atoms with Crippen LogP contribution in [0.25, 0.3) is 10.9 Å². The van der Waals surface area contributed by atoms with Crippen molar-refractivity contribution in [3.63, 3.8) is 0 Å². The number of aromatic nitrogens is 1. The van der Waals surface area contributed by atoms with E-state index in [9.17, 15) is 22.4 Å². The molecule has 4 rings (SSSR count). The summed E-state index contributed by atoms with van der Waals surface area (Å²) in [5.41, 5.74) is 0.955. The SMILES string of the molecule is CC1CC(NC(=O)CC2CC2(F)F)CN(c2ccc(C(F)F)c3ncccc23)C1. The fraction of sp³-hybridized carbons (Fsp3) is 0.524. The molecule has 0 spiro atoms. The van der Waals surface area contributed by atoms with Gasteiger partial charge in [0.1, 0.15) is 0 Å². The van der Waals surface area contributed by atoms with Crippen LogP contribution < -0.4 is 10.2 Å². The van der Waals surface area contributed by atoms with Gasteiger partial charge in [0, 0.05) is 60.7 Å². The van der Waals surface area contributed by atoms with Gasteiger partial charge in [-0.3, -0.25) is 9.78 Å². The number of nitrogens with zero attached hydrogens (tertiary/aromatic N) is 2. The van der Waals surface area contributed by atoms with Crippen LogP contribution in [-0.2, 0) is 4.79 Å². The molecule has 1 aliphatic carbocycles. The van der Waals surface area contributed by atoms with Crippen molar-refractivity contribution >= 4 is 22.5 Å². The van der Waals surface area contributed by atoms with Crippen molar-refractivity contribution in [1.82, 2.24) is 10.3 Å². The van der Waals surface area contributed by atoms with Crippen LogP contribution >= 0.6 is 0 Å². The van der Waals surface area contributed by atoms with Crippen molar-refractivity contribution in [2.75, 3.05) is 18.0 Å². The van der Waals surface area contributed by atoms with Gasteiger partial charge in [-0.25, -0.2) is 17.6 Å². The summed E-state index contributed by atoms with van der Waals surface area (Å²) >= 11 is 0. The molecule has 1 aromatic carbocycles. The van der Waals surface area contributed by atoms with Gasteiger partial charge >= 0.3 is 0 Å². The van der Waals surface area contributed by atoms with Gasteiger partial charge < -0.3 is 10.2 Å². The normalized spacial score (nSPS) is 26.0. The molecule has 156 valence electrons. The number of pyridine rings is 1. The standard InChI is InChI=1S/C21H23F4N3O/c1-12-7-14(27-18(29)8-13-9-21(13,24)25)11-28(10-12)17-5-4-16(20(22)23)19-15(17)3-2-6-26-19/h2-6,12-14,20H,7-11H2,1H3,(H,27,29). The van der Waals surface area contributed by atoms with E-state index >= 15 is 0 Å². The first-order chi connectivity index (χ1) is 13.7. The lowest BCUT2D eigenvalue weighted by Crippen LogP contribution is -2.50. The fourth-order valence-corrected chi connectivity index (χ4v) is 4.29. The maximum Gasteiger partial charge on any atom is 0.265 e. The van der Waals surface area contributed by atoms with E-state index in [2.05, 4.69) is 15.2 Å².